The minimum Gasteiger partial charge on any atom is -0.490 e. The Morgan fingerprint density at radius 1 is 1.20 bits per heavy atom. The molecule has 0 saturated carbocycles. The van der Waals surface area contributed by atoms with Gasteiger partial charge in [-0.25, -0.2) is 0 Å². The Morgan fingerprint density at radius 2 is 1.92 bits per heavy atom. The third-order valence-electron chi connectivity index (χ3n) is 3.58. The fraction of sp³-hybridized carbons (Fsp3) is 0.316. The van der Waals surface area contributed by atoms with E-state index in [-0.39, 0.29) is 0 Å². The van der Waals surface area contributed by atoms with Crippen LogP contribution in [0.25, 0.3) is 0 Å². The average molecular weight is 364 g/mol. The molecule has 25 heavy (non-hydrogen) atoms. The smallest absolute Gasteiger partial charge is 0.320 e. The Bertz CT molecular complexity index is 706. The number of aliphatic carboxylic acids is 1. The van der Waals surface area contributed by atoms with Crippen molar-refractivity contribution in [2.45, 2.75) is 33.0 Å². The van der Waals surface area contributed by atoms with E-state index in [1.54, 1.807) is 13.0 Å². The molecule has 0 aliphatic carbocycles. The highest BCUT2D eigenvalue weighted by molar-refractivity contribution is 6.32. The summed E-state index contributed by atoms with van der Waals surface area (Å²) in [6, 6.07) is 12.7. The quantitative estimate of drug-likeness (QED) is 0.707. The van der Waals surface area contributed by atoms with Crippen molar-refractivity contribution in [3.8, 4) is 11.5 Å². The van der Waals surface area contributed by atoms with Crippen LogP contribution >= 0.6 is 11.6 Å². The van der Waals surface area contributed by atoms with Gasteiger partial charge in [0.2, 0.25) is 0 Å². The summed E-state index contributed by atoms with van der Waals surface area (Å²) in [5.74, 6) is 0.132. The van der Waals surface area contributed by atoms with Gasteiger partial charge in [-0.05, 0) is 37.1 Å². The molecule has 0 radical (unpaired) electrons. The molecule has 134 valence electrons. The maximum atomic E-state index is 10.9. The number of ether oxygens (including phenoxy) is 2. The van der Waals surface area contributed by atoms with Crippen molar-refractivity contribution in [1.82, 2.24) is 5.32 Å². The van der Waals surface area contributed by atoms with Gasteiger partial charge in [0.1, 0.15) is 12.6 Å². The fourth-order valence-corrected chi connectivity index (χ4v) is 2.50. The van der Waals surface area contributed by atoms with Crippen molar-refractivity contribution in [1.29, 1.82) is 0 Å². The first-order valence-corrected chi connectivity index (χ1v) is 8.47. The van der Waals surface area contributed by atoms with Crippen LogP contribution in [-0.2, 0) is 17.9 Å². The standard InChI is InChI=1S/C19H22ClNO4/c1-3-24-17-10-15(11-21-13(2)19(22)23)9-16(20)18(17)25-12-14-7-5-4-6-8-14/h4-10,13,21H,3,11-12H2,1-2H3,(H,22,23). The van der Waals surface area contributed by atoms with E-state index in [0.717, 1.165) is 11.1 Å². The minimum atomic E-state index is -0.904. The summed E-state index contributed by atoms with van der Waals surface area (Å²) in [5.41, 5.74) is 1.86. The molecule has 2 aromatic carbocycles. The van der Waals surface area contributed by atoms with E-state index >= 15 is 0 Å². The van der Waals surface area contributed by atoms with Crippen molar-refractivity contribution >= 4 is 17.6 Å². The zero-order valence-corrected chi connectivity index (χ0v) is 15.0. The lowest BCUT2D eigenvalue weighted by Gasteiger charge is -2.16. The molecule has 1 atom stereocenters. The predicted molar refractivity (Wildman–Crippen MR) is 97.3 cm³/mol. The monoisotopic (exact) mass is 363 g/mol. The van der Waals surface area contributed by atoms with E-state index < -0.39 is 12.0 Å². The zero-order chi connectivity index (χ0) is 18.2. The van der Waals surface area contributed by atoms with E-state index in [4.69, 9.17) is 26.2 Å². The molecule has 0 aliphatic heterocycles. The Kier molecular flexibility index (Phi) is 7.10. The predicted octanol–water partition coefficient (Wildman–Crippen LogP) is 3.88. The molecule has 5 nitrogen and oxygen atoms in total. The molecular weight excluding hydrogens is 342 g/mol. The van der Waals surface area contributed by atoms with E-state index in [1.165, 1.54) is 0 Å². The third kappa shape index (κ3) is 5.66. The number of nitrogens with one attached hydrogen (secondary N) is 1. The highest BCUT2D eigenvalue weighted by Crippen LogP contribution is 2.37. The van der Waals surface area contributed by atoms with Gasteiger partial charge in [0, 0.05) is 6.54 Å². The second-order valence-electron chi connectivity index (χ2n) is 5.55. The topological polar surface area (TPSA) is 67.8 Å². The third-order valence-corrected chi connectivity index (χ3v) is 3.86. The van der Waals surface area contributed by atoms with Crippen LogP contribution in [0.3, 0.4) is 0 Å². The lowest BCUT2D eigenvalue weighted by molar-refractivity contribution is -0.139. The van der Waals surface area contributed by atoms with Crippen LogP contribution in [0.5, 0.6) is 11.5 Å². The molecule has 0 bridgehead atoms. The lowest BCUT2D eigenvalue weighted by atomic mass is 10.2. The number of carbonyl (C=O) groups is 1. The first-order valence-electron chi connectivity index (χ1n) is 8.09. The molecule has 6 heteroatoms. The highest BCUT2D eigenvalue weighted by Gasteiger charge is 2.15. The van der Waals surface area contributed by atoms with Gasteiger partial charge >= 0.3 is 5.97 Å². The molecule has 2 rings (SSSR count). The Hall–Kier alpha value is -2.24. The maximum absolute atomic E-state index is 10.9. The number of rotatable bonds is 9. The molecule has 0 heterocycles. The van der Waals surface area contributed by atoms with E-state index in [9.17, 15) is 4.79 Å². The van der Waals surface area contributed by atoms with E-state index in [0.29, 0.717) is 36.3 Å². The summed E-state index contributed by atoms with van der Waals surface area (Å²) < 4.78 is 11.5. The molecule has 0 aromatic heterocycles. The van der Waals surface area contributed by atoms with Crippen LogP contribution in [0, 0.1) is 0 Å². The molecule has 1 unspecified atom stereocenters. The van der Waals surface area contributed by atoms with Gasteiger partial charge < -0.3 is 19.9 Å². The SMILES string of the molecule is CCOc1cc(CNC(C)C(=O)O)cc(Cl)c1OCc1ccccc1. The van der Waals surface area contributed by atoms with Crippen LogP contribution in [0.1, 0.15) is 25.0 Å². The highest BCUT2D eigenvalue weighted by atomic mass is 35.5. The Labute approximate surface area is 152 Å². The van der Waals surface area contributed by atoms with Gasteiger partial charge in [-0.1, -0.05) is 41.9 Å². The first-order chi connectivity index (χ1) is 12.0. The zero-order valence-electron chi connectivity index (χ0n) is 14.3. The van der Waals surface area contributed by atoms with Gasteiger partial charge in [0.25, 0.3) is 0 Å². The first kappa shape index (κ1) is 19.1. The van der Waals surface area contributed by atoms with Gasteiger partial charge in [-0.3, -0.25) is 4.79 Å². The van der Waals surface area contributed by atoms with Crippen molar-refractivity contribution in [2.75, 3.05) is 6.61 Å². The van der Waals surface area contributed by atoms with Crippen LogP contribution in [-0.4, -0.2) is 23.7 Å². The van der Waals surface area contributed by atoms with Crippen molar-refractivity contribution in [2.24, 2.45) is 0 Å². The van der Waals surface area contributed by atoms with Crippen molar-refractivity contribution < 1.29 is 19.4 Å². The number of carboxylic acids is 1. The minimum absolute atomic E-state index is 0.367. The van der Waals surface area contributed by atoms with Crippen molar-refractivity contribution in [3.05, 3.63) is 58.6 Å². The number of hydrogen-bond acceptors (Lipinski definition) is 4. The molecule has 2 aromatic rings. The summed E-state index contributed by atoms with van der Waals surface area (Å²) in [6.07, 6.45) is 0. The maximum Gasteiger partial charge on any atom is 0.320 e. The second-order valence-corrected chi connectivity index (χ2v) is 5.96. The molecule has 0 spiro atoms. The summed E-state index contributed by atoms with van der Waals surface area (Å²) in [6.45, 7) is 4.69. The second kappa shape index (κ2) is 9.30. The summed E-state index contributed by atoms with van der Waals surface area (Å²) in [4.78, 5) is 10.9. The van der Waals surface area contributed by atoms with Crippen LogP contribution in [0.4, 0.5) is 0 Å². The normalized spacial score (nSPS) is 11.8. The molecule has 0 aliphatic rings. The number of benzene rings is 2. The van der Waals surface area contributed by atoms with Crippen LogP contribution in [0.2, 0.25) is 5.02 Å². The fourth-order valence-electron chi connectivity index (χ4n) is 2.21. The van der Waals surface area contributed by atoms with Crippen molar-refractivity contribution in [3.63, 3.8) is 0 Å². The van der Waals surface area contributed by atoms with Crippen LogP contribution < -0.4 is 14.8 Å². The average Bonchev–Trinajstić information content (AvgIpc) is 2.60. The van der Waals surface area contributed by atoms with E-state index in [1.807, 2.05) is 43.3 Å². The summed E-state index contributed by atoms with van der Waals surface area (Å²) in [7, 11) is 0. The molecule has 0 fully saturated rings. The molecule has 0 amide bonds. The van der Waals surface area contributed by atoms with Gasteiger partial charge in [0.15, 0.2) is 11.5 Å². The van der Waals surface area contributed by atoms with Crippen LogP contribution in [0.15, 0.2) is 42.5 Å². The molecular formula is C19H22ClNO4. The Morgan fingerprint density at radius 3 is 2.56 bits per heavy atom. The largest absolute Gasteiger partial charge is 0.490 e. The lowest BCUT2D eigenvalue weighted by Crippen LogP contribution is -2.33. The Balaban J connectivity index is 2.14. The number of halogens is 1. The molecule has 0 saturated heterocycles. The summed E-state index contributed by atoms with van der Waals surface area (Å²) in [5, 5.41) is 12.3. The number of carboxylic acid groups (broad SMARTS) is 1. The number of hydrogen-bond donors (Lipinski definition) is 2. The van der Waals surface area contributed by atoms with E-state index in [2.05, 4.69) is 5.32 Å². The van der Waals surface area contributed by atoms with Gasteiger partial charge in [-0.15, -0.1) is 0 Å². The summed E-state index contributed by atoms with van der Waals surface area (Å²) >= 11 is 6.37. The van der Waals surface area contributed by atoms with Gasteiger partial charge in [-0.2, -0.15) is 0 Å². The molecule has 2 N–H and O–H groups in total. The van der Waals surface area contributed by atoms with Gasteiger partial charge in [0.05, 0.1) is 11.6 Å².